The van der Waals surface area contributed by atoms with Crippen molar-refractivity contribution in [3.05, 3.63) is 36.2 Å². The highest BCUT2D eigenvalue weighted by molar-refractivity contribution is 6.00. The van der Waals surface area contributed by atoms with Gasteiger partial charge in [-0.15, -0.1) is 0 Å². The maximum atomic E-state index is 12.9. The minimum absolute atomic E-state index is 0.180. The summed E-state index contributed by atoms with van der Waals surface area (Å²) in [7, 11) is 0. The van der Waals surface area contributed by atoms with Gasteiger partial charge >= 0.3 is 0 Å². The van der Waals surface area contributed by atoms with E-state index in [1.54, 1.807) is 6.20 Å². The third-order valence-corrected chi connectivity index (χ3v) is 5.72. The highest BCUT2D eigenvalue weighted by Gasteiger charge is 2.24. The predicted molar refractivity (Wildman–Crippen MR) is 106 cm³/mol. The summed E-state index contributed by atoms with van der Waals surface area (Å²) in [5.74, 6) is 0.813. The van der Waals surface area contributed by atoms with Crippen molar-refractivity contribution >= 4 is 28.7 Å². The van der Waals surface area contributed by atoms with E-state index in [1.807, 2.05) is 10.6 Å². The van der Waals surface area contributed by atoms with E-state index in [0.717, 1.165) is 55.4 Å². The number of hydrogen-bond acceptors (Lipinski definition) is 7. The number of Topliss-reactive ketones (excluding diaryl/α,β-unsaturated/α-hetero) is 1. The molecule has 2 N–H and O–H groups in total. The van der Waals surface area contributed by atoms with Crippen molar-refractivity contribution in [1.29, 1.82) is 0 Å². The number of hydrogen-bond donors (Lipinski definition) is 2. The minimum atomic E-state index is -0.436. The van der Waals surface area contributed by atoms with E-state index in [0.29, 0.717) is 18.3 Å². The van der Waals surface area contributed by atoms with Gasteiger partial charge in [-0.25, -0.2) is 19.3 Å². The number of anilines is 2. The summed E-state index contributed by atoms with van der Waals surface area (Å²) in [6.07, 6.45) is 9.43. The zero-order valence-electron chi connectivity index (χ0n) is 15.9. The molecule has 1 aliphatic heterocycles. The van der Waals surface area contributed by atoms with Gasteiger partial charge in [-0.2, -0.15) is 4.98 Å². The normalized spacial score (nSPS) is 21.8. The number of rotatable bonds is 4. The largest absolute Gasteiger partial charge is 0.351 e. The number of aromatic nitrogens is 5. The zero-order valence-corrected chi connectivity index (χ0v) is 15.9. The van der Waals surface area contributed by atoms with Crippen LogP contribution in [0.2, 0.25) is 0 Å². The number of fused-ring (bicyclic) bond motifs is 3. The van der Waals surface area contributed by atoms with E-state index in [-0.39, 0.29) is 17.9 Å². The summed E-state index contributed by atoms with van der Waals surface area (Å²) in [5, 5.41) is 7.62. The highest BCUT2D eigenvalue weighted by Crippen LogP contribution is 2.26. The summed E-state index contributed by atoms with van der Waals surface area (Å²) in [6.45, 7) is 0.823. The van der Waals surface area contributed by atoms with Gasteiger partial charge in [0.25, 0.3) is 0 Å². The Morgan fingerprint density at radius 3 is 2.34 bits per heavy atom. The van der Waals surface area contributed by atoms with Crippen molar-refractivity contribution in [3.8, 4) is 0 Å². The molecule has 0 radical (unpaired) electrons. The van der Waals surface area contributed by atoms with E-state index in [4.69, 9.17) is 0 Å². The molecule has 5 rings (SSSR count). The van der Waals surface area contributed by atoms with Crippen molar-refractivity contribution in [2.75, 3.05) is 10.6 Å². The average Bonchev–Trinajstić information content (AvgIpc) is 3.11. The number of aryl methyl sites for hydroxylation is 1. The lowest BCUT2D eigenvalue weighted by atomic mass is 9.91. The number of ketones is 1. The Morgan fingerprint density at radius 1 is 0.966 bits per heavy atom. The van der Waals surface area contributed by atoms with Gasteiger partial charge < -0.3 is 15.2 Å². The second-order valence-electron chi connectivity index (χ2n) is 7.74. The Labute approximate surface area is 167 Å². The number of halogens is 1. The summed E-state index contributed by atoms with van der Waals surface area (Å²) in [6, 6.07) is 2.46. The van der Waals surface area contributed by atoms with E-state index in [2.05, 4.69) is 30.6 Å². The van der Waals surface area contributed by atoms with Gasteiger partial charge in [0.1, 0.15) is 5.65 Å². The summed E-state index contributed by atoms with van der Waals surface area (Å²) < 4.78 is 14.9. The van der Waals surface area contributed by atoms with Crippen molar-refractivity contribution in [3.63, 3.8) is 0 Å². The lowest BCUT2D eigenvalue weighted by Crippen LogP contribution is -2.33. The predicted octanol–water partition coefficient (Wildman–Crippen LogP) is 3.17. The van der Waals surface area contributed by atoms with Crippen LogP contribution in [0, 0.1) is 5.82 Å². The molecule has 0 amide bonds. The first-order chi connectivity index (χ1) is 14.2. The number of nitrogens with zero attached hydrogens (tertiary/aromatic N) is 5. The first kappa shape index (κ1) is 18.0. The molecule has 0 spiro atoms. The Hall–Kier alpha value is -3.10. The maximum Gasteiger partial charge on any atom is 0.224 e. The smallest absolute Gasteiger partial charge is 0.224 e. The van der Waals surface area contributed by atoms with Crippen LogP contribution in [-0.2, 0) is 6.54 Å². The zero-order chi connectivity index (χ0) is 19.8. The quantitative estimate of drug-likeness (QED) is 0.700. The fraction of sp³-hybridized carbons (Fsp3) is 0.450. The Bertz CT molecular complexity index is 1040. The fourth-order valence-electron chi connectivity index (χ4n) is 4.23. The van der Waals surface area contributed by atoms with Gasteiger partial charge in [-0.05, 0) is 38.2 Å². The fourth-order valence-corrected chi connectivity index (χ4v) is 4.23. The Kier molecular flexibility index (Phi) is 4.57. The van der Waals surface area contributed by atoms with Crippen molar-refractivity contribution in [1.82, 2.24) is 24.5 Å². The Balaban J connectivity index is 1.23. The third-order valence-electron chi connectivity index (χ3n) is 5.72. The first-order valence-corrected chi connectivity index (χ1v) is 10.1. The lowest BCUT2D eigenvalue weighted by molar-refractivity contribution is 0.0956. The van der Waals surface area contributed by atoms with Crippen LogP contribution in [-0.4, -0.2) is 42.4 Å². The van der Waals surface area contributed by atoms with Crippen LogP contribution < -0.4 is 10.6 Å². The van der Waals surface area contributed by atoms with Crippen LogP contribution in [0.4, 0.5) is 16.3 Å². The average molecular weight is 395 g/mol. The van der Waals surface area contributed by atoms with Crippen LogP contribution >= 0.6 is 0 Å². The molecule has 1 aliphatic carbocycles. The van der Waals surface area contributed by atoms with Crippen LogP contribution in [0.1, 0.15) is 49.0 Å². The highest BCUT2D eigenvalue weighted by atomic mass is 19.1. The number of carbonyl (C=O) groups excluding carboxylic acids is 1. The topological polar surface area (TPSA) is 97.6 Å². The molecule has 0 unspecified atom stereocenters. The molecule has 0 bridgehead atoms. The minimum Gasteiger partial charge on any atom is -0.351 e. The molecule has 3 aromatic heterocycles. The van der Waals surface area contributed by atoms with E-state index < -0.39 is 5.82 Å². The molecule has 150 valence electrons. The van der Waals surface area contributed by atoms with E-state index >= 15 is 0 Å². The summed E-state index contributed by atoms with van der Waals surface area (Å²) in [4.78, 5) is 29.2. The third kappa shape index (κ3) is 3.64. The molecule has 8 nitrogen and oxygen atoms in total. The van der Waals surface area contributed by atoms with Gasteiger partial charge in [0.15, 0.2) is 11.6 Å². The molecule has 1 fully saturated rings. The van der Waals surface area contributed by atoms with Crippen LogP contribution in [0.5, 0.6) is 0 Å². The van der Waals surface area contributed by atoms with Crippen LogP contribution in [0.15, 0.2) is 24.7 Å². The standard InChI is InChI=1S/C20H22FN7O/c21-13-10-23-19(24-11-13)25-14-3-5-15(6-4-14)26-20-22-9-12-8-16-17(29)2-1-7-28(16)18(12)27-20/h8-11,14-15H,1-7H2,(H,22,26,27)(H,23,24,25). The molecular weight excluding hydrogens is 373 g/mol. The summed E-state index contributed by atoms with van der Waals surface area (Å²) in [5.41, 5.74) is 1.57. The SMILES string of the molecule is O=C1CCCn2c1cc1cnc(NC3CCC(Nc4ncc(F)cn4)CC3)nc12. The molecule has 2 aliphatic rings. The van der Waals surface area contributed by atoms with Gasteiger partial charge in [0.05, 0.1) is 18.1 Å². The van der Waals surface area contributed by atoms with Crippen molar-refractivity contribution in [2.24, 2.45) is 0 Å². The second kappa shape index (κ2) is 7.38. The Morgan fingerprint density at radius 2 is 1.62 bits per heavy atom. The van der Waals surface area contributed by atoms with Crippen LogP contribution in [0.25, 0.3) is 11.0 Å². The monoisotopic (exact) mass is 395 g/mol. The summed E-state index contributed by atoms with van der Waals surface area (Å²) >= 11 is 0. The molecule has 3 aromatic rings. The second-order valence-corrected chi connectivity index (χ2v) is 7.74. The molecule has 1 saturated carbocycles. The molecule has 0 saturated heterocycles. The molecular formula is C20H22FN7O. The van der Waals surface area contributed by atoms with Gasteiger partial charge in [0.2, 0.25) is 11.9 Å². The first-order valence-electron chi connectivity index (χ1n) is 10.1. The van der Waals surface area contributed by atoms with Gasteiger partial charge in [-0.3, -0.25) is 4.79 Å². The number of nitrogens with one attached hydrogen (secondary N) is 2. The maximum absolute atomic E-state index is 12.9. The van der Waals surface area contributed by atoms with E-state index in [1.165, 1.54) is 12.4 Å². The molecule has 0 aromatic carbocycles. The lowest BCUT2D eigenvalue weighted by Gasteiger charge is -2.29. The van der Waals surface area contributed by atoms with Gasteiger partial charge in [0, 0.05) is 36.6 Å². The molecule has 4 heterocycles. The van der Waals surface area contributed by atoms with Crippen LogP contribution in [0.3, 0.4) is 0 Å². The number of carbonyl (C=O) groups is 1. The van der Waals surface area contributed by atoms with Crippen molar-refractivity contribution in [2.45, 2.75) is 57.2 Å². The van der Waals surface area contributed by atoms with E-state index in [9.17, 15) is 9.18 Å². The molecule has 9 heteroatoms. The molecule has 29 heavy (non-hydrogen) atoms. The van der Waals surface area contributed by atoms with Gasteiger partial charge in [-0.1, -0.05) is 0 Å². The van der Waals surface area contributed by atoms with Crippen molar-refractivity contribution < 1.29 is 9.18 Å². The molecule has 0 atom stereocenters.